The molecule has 1 aromatic rings. The maximum absolute atomic E-state index is 11.6. The zero-order chi connectivity index (χ0) is 11.4. The van der Waals surface area contributed by atoms with Crippen LogP contribution in [0.2, 0.25) is 0 Å². The summed E-state index contributed by atoms with van der Waals surface area (Å²) in [5.74, 6) is 0.692. The van der Waals surface area contributed by atoms with Crippen molar-refractivity contribution in [3.05, 3.63) is 21.7 Å². The molecule has 0 radical (unpaired) electrons. The Morgan fingerprint density at radius 1 is 1.33 bits per heavy atom. The molecule has 0 saturated carbocycles. The quantitative estimate of drug-likeness (QED) is 0.798. The number of hydrogen-bond donors (Lipinski definition) is 2. The second kappa shape index (κ2) is 4.96. The third kappa shape index (κ3) is 2.37. The van der Waals surface area contributed by atoms with Crippen LogP contribution in [0.5, 0.6) is 5.88 Å². The van der Waals surface area contributed by atoms with Gasteiger partial charge in [-0.3, -0.25) is 4.79 Å². The molecule has 0 aromatic carbocycles. The van der Waals surface area contributed by atoms with Crippen LogP contribution in [0, 0.1) is 0 Å². The van der Waals surface area contributed by atoms with Gasteiger partial charge in [-0.15, -0.1) is 0 Å². The smallest absolute Gasteiger partial charge is 0.257 e. The Balaban J connectivity index is 3.19. The van der Waals surface area contributed by atoms with Crippen molar-refractivity contribution in [2.24, 2.45) is 0 Å². The number of aromatic hydroxyl groups is 1. The molecule has 0 aliphatic rings. The normalized spacial score (nSPS) is 10.9. The highest BCUT2D eigenvalue weighted by Crippen LogP contribution is 2.20. The van der Waals surface area contributed by atoms with Gasteiger partial charge in [0.1, 0.15) is 5.82 Å². The highest BCUT2D eigenvalue weighted by molar-refractivity contribution is 5.23. The van der Waals surface area contributed by atoms with E-state index in [1.165, 1.54) is 0 Å². The summed E-state index contributed by atoms with van der Waals surface area (Å²) in [6.07, 6.45) is 2.31. The SMILES string of the molecule is CCc1c(O)nc(C(CC)CC)[nH]c1=O. The van der Waals surface area contributed by atoms with Crippen LogP contribution < -0.4 is 5.56 Å². The van der Waals surface area contributed by atoms with Gasteiger partial charge in [-0.1, -0.05) is 20.8 Å². The lowest BCUT2D eigenvalue weighted by Gasteiger charge is -2.12. The third-order valence-electron chi connectivity index (χ3n) is 2.74. The van der Waals surface area contributed by atoms with Crippen molar-refractivity contribution < 1.29 is 5.11 Å². The fourth-order valence-corrected chi connectivity index (χ4v) is 1.69. The summed E-state index contributed by atoms with van der Waals surface area (Å²) in [6, 6.07) is 0. The summed E-state index contributed by atoms with van der Waals surface area (Å²) in [4.78, 5) is 18.4. The van der Waals surface area contributed by atoms with Gasteiger partial charge < -0.3 is 10.1 Å². The van der Waals surface area contributed by atoms with Gasteiger partial charge in [0.25, 0.3) is 5.56 Å². The van der Waals surface area contributed by atoms with Crippen molar-refractivity contribution in [2.75, 3.05) is 0 Å². The summed E-state index contributed by atoms with van der Waals surface area (Å²) in [7, 11) is 0. The van der Waals surface area contributed by atoms with E-state index in [0.29, 0.717) is 17.8 Å². The van der Waals surface area contributed by atoms with Crippen molar-refractivity contribution in [1.82, 2.24) is 9.97 Å². The molecule has 1 aromatic heterocycles. The molecule has 0 aliphatic heterocycles. The van der Waals surface area contributed by atoms with E-state index >= 15 is 0 Å². The standard InChI is InChI=1S/C11H18N2O2/c1-4-7(5-2)9-12-10(14)8(6-3)11(15)13-9/h7H,4-6H2,1-3H3,(H2,12,13,14,15). The fraction of sp³-hybridized carbons (Fsp3) is 0.636. The summed E-state index contributed by atoms with van der Waals surface area (Å²) < 4.78 is 0. The van der Waals surface area contributed by atoms with E-state index in [9.17, 15) is 9.90 Å². The van der Waals surface area contributed by atoms with Crippen LogP contribution in [-0.4, -0.2) is 15.1 Å². The number of H-pyrrole nitrogens is 1. The van der Waals surface area contributed by atoms with E-state index in [-0.39, 0.29) is 17.4 Å². The maximum Gasteiger partial charge on any atom is 0.257 e. The molecular formula is C11H18N2O2. The minimum atomic E-state index is -0.216. The second-order valence-corrected chi connectivity index (χ2v) is 3.62. The molecule has 4 nitrogen and oxygen atoms in total. The molecule has 0 aliphatic carbocycles. The number of nitrogens with zero attached hydrogens (tertiary/aromatic N) is 1. The lowest BCUT2D eigenvalue weighted by Crippen LogP contribution is -2.18. The van der Waals surface area contributed by atoms with Crippen LogP contribution in [0.3, 0.4) is 0 Å². The van der Waals surface area contributed by atoms with Crippen LogP contribution in [0.4, 0.5) is 0 Å². The molecule has 4 heteroatoms. The third-order valence-corrected chi connectivity index (χ3v) is 2.74. The molecule has 0 bridgehead atoms. The first kappa shape index (κ1) is 11.8. The first-order chi connectivity index (χ1) is 7.13. The molecule has 0 spiro atoms. The van der Waals surface area contributed by atoms with Gasteiger partial charge >= 0.3 is 0 Å². The van der Waals surface area contributed by atoms with Crippen molar-refractivity contribution in [2.45, 2.75) is 46.0 Å². The lowest BCUT2D eigenvalue weighted by atomic mass is 10.0. The van der Waals surface area contributed by atoms with Gasteiger partial charge in [0.15, 0.2) is 0 Å². The number of hydrogen-bond acceptors (Lipinski definition) is 3. The van der Waals surface area contributed by atoms with Crippen LogP contribution in [0.15, 0.2) is 4.79 Å². The molecule has 0 atom stereocenters. The van der Waals surface area contributed by atoms with Gasteiger partial charge in [0.2, 0.25) is 5.88 Å². The minimum Gasteiger partial charge on any atom is -0.493 e. The molecule has 0 fully saturated rings. The van der Waals surface area contributed by atoms with Gasteiger partial charge in [-0.05, 0) is 19.3 Å². The molecule has 0 amide bonds. The minimum absolute atomic E-state index is 0.122. The van der Waals surface area contributed by atoms with Crippen molar-refractivity contribution in [3.8, 4) is 5.88 Å². The van der Waals surface area contributed by atoms with Crippen LogP contribution in [0.25, 0.3) is 0 Å². The molecule has 1 rings (SSSR count). The zero-order valence-corrected chi connectivity index (χ0v) is 9.50. The molecule has 0 unspecified atom stereocenters. The van der Waals surface area contributed by atoms with E-state index in [4.69, 9.17) is 0 Å². The summed E-state index contributed by atoms with van der Waals surface area (Å²) in [5, 5.41) is 9.58. The van der Waals surface area contributed by atoms with E-state index in [0.717, 1.165) is 12.8 Å². The highest BCUT2D eigenvalue weighted by atomic mass is 16.3. The van der Waals surface area contributed by atoms with Gasteiger partial charge in [-0.2, -0.15) is 4.98 Å². The predicted molar refractivity (Wildman–Crippen MR) is 59.2 cm³/mol. The Hall–Kier alpha value is -1.32. The van der Waals surface area contributed by atoms with Gasteiger partial charge in [0, 0.05) is 5.92 Å². The van der Waals surface area contributed by atoms with E-state index in [1.807, 2.05) is 20.8 Å². The summed E-state index contributed by atoms with van der Waals surface area (Å²) in [5.41, 5.74) is 0.150. The number of nitrogens with one attached hydrogen (secondary N) is 1. The van der Waals surface area contributed by atoms with E-state index in [2.05, 4.69) is 9.97 Å². The van der Waals surface area contributed by atoms with Crippen LogP contribution in [-0.2, 0) is 6.42 Å². The zero-order valence-electron chi connectivity index (χ0n) is 9.50. The highest BCUT2D eigenvalue weighted by Gasteiger charge is 2.14. The molecule has 0 saturated heterocycles. The Bertz CT molecular complexity index is 381. The van der Waals surface area contributed by atoms with Crippen molar-refractivity contribution in [1.29, 1.82) is 0 Å². The van der Waals surface area contributed by atoms with E-state index < -0.39 is 0 Å². The van der Waals surface area contributed by atoms with Crippen LogP contribution >= 0.6 is 0 Å². The Kier molecular flexibility index (Phi) is 3.88. The largest absolute Gasteiger partial charge is 0.493 e. The first-order valence-electron chi connectivity index (χ1n) is 5.45. The molecule has 15 heavy (non-hydrogen) atoms. The molecule has 2 N–H and O–H groups in total. The van der Waals surface area contributed by atoms with Gasteiger partial charge in [-0.25, -0.2) is 0 Å². The summed E-state index contributed by atoms with van der Waals surface area (Å²) in [6.45, 7) is 5.90. The summed E-state index contributed by atoms with van der Waals surface area (Å²) >= 11 is 0. The second-order valence-electron chi connectivity index (χ2n) is 3.62. The number of rotatable bonds is 4. The maximum atomic E-state index is 11.6. The fourth-order valence-electron chi connectivity index (χ4n) is 1.69. The number of aromatic nitrogens is 2. The van der Waals surface area contributed by atoms with Crippen molar-refractivity contribution in [3.63, 3.8) is 0 Å². The topological polar surface area (TPSA) is 66.0 Å². The van der Waals surface area contributed by atoms with Crippen molar-refractivity contribution >= 4 is 0 Å². The Morgan fingerprint density at radius 2 is 1.93 bits per heavy atom. The van der Waals surface area contributed by atoms with Crippen LogP contribution in [0.1, 0.15) is 50.9 Å². The molecular weight excluding hydrogens is 192 g/mol. The predicted octanol–water partition coefficient (Wildman–Crippen LogP) is 1.94. The van der Waals surface area contributed by atoms with E-state index in [1.54, 1.807) is 0 Å². The Morgan fingerprint density at radius 3 is 2.33 bits per heavy atom. The Labute approximate surface area is 89.4 Å². The first-order valence-corrected chi connectivity index (χ1v) is 5.45. The average Bonchev–Trinajstić information content (AvgIpc) is 2.19. The monoisotopic (exact) mass is 210 g/mol. The molecule has 84 valence electrons. The molecule has 1 heterocycles. The lowest BCUT2D eigenvalue weighted by molar-refractivity contribution is 0.434. The average molecular weight is 210 g/mol. The number of aromatic amines is 1. The van der Waals surface area contributed by atoms with Gasteiger partial charge in [0.05, 0.1) is 5.56 Å².